The molecule has 1 heterocycles. The number of nitrogens with two attached hydrogens (primary N) is 1. The molecule has 1 aliphatic heterocycles. The average molecular weight is 349 g/mol. The molecular weight excluding hydrogens is 327 g/mol. The Bertz CT molecular complexity index is 488. The van der Waals surface area contributed by atoms with Crippen molar-refractivity contribution >= 4 is 29.9 Å². The Kier molecular flexibility index (Phi) is 7.96. The molecule has 0 bridgehead atoms. The lowest BCUT2D eigenvalue weighted by Gasteiger charge is -2.21. The molecule has 1 aliphatic rings. The number of ether oxygens (including phenoxy) is 2. The second-order valence-corrected chi connectivity index (χ2v) is 5.51. The van der Waals surface area contributed by atoms with Gasteiger partial charge in [-0.1, -0.05) is 23.7 Å². The van der Waals surface area contributed by atoms with Crippen molar-refractivity contribution in [1.82, 2.24) is 4.90 Å². The Balaban J connectivity index is 0.00000242. The maximum Gasteiger partial charge on any atom is 0.251 e. The fourth-order valence-electron chi connectivity index (χ4n) is 2.27. The first-order valence-corrected chi connectivity index (χ1v) is 7.47. The number of benzene rings is 1. The van der Waals surface area contributed by atoms with Crippen LogP contribution in [0, 0.1) is 0 Å². The predicted octanol–water partition coefficient (Wildman–Crippen LogP) is 2.11. The van der Waals surface area contributed by atoms with Crippen molar-refractivity contribution in [1.29, 1.82) is 0 Å². The number of carbonyl (C=O) groups is 1. The van der Waals surface area contributed by atoms with Gasteiger partial charge < -0.3 is 20.1 Å². The van der Waals surface area contributed by atoms with E-state index in [9.17, 15) is 4.79 Å². The molecule has 0 aromatic heterocycles. The van der Waals surface area contributed by atoms with E-state index in [1.54, 1.807) is 24.1 Å². The lowest BCUT2D eigenvalue weighted by atomic mass is 10.2. The molecule has 0 spiro atoms. The van der Waals surface area contributed by atoms with E-state index in [-0.39, 0.29) is 30.5 Å². The van der Waals surface area contributed by atoms with E-state index in [1.165, 1.54) is 0 Å². The molecule has 1 aromatic carbocycles. The van der Waals surface area contributed by atoms with Crippen LogP contribution in [0.25, 0.3) is 0 Å². The van der Waals surface area contributed by atoms with E-state index in [4.69, 9.17) is 26.8 Å². The van der Waals surface area contributed by atoms with Gasteiger partial charge in [-0.05, 0) is 25.0 Å². The minimum atomic E-state index is -0.371. The summed E-state index contributed by atoms with van der Waals surface area (Å²) in [6.45, 7) is 1.33. The highest BCUT2D eigenvalue weighted by atomic mass is 35.5. The minimum absolute atomic E-state index is 0. The highest BCUT2D eigenvalue weighted by molar-refractivity contribution is 6.32. The molecule has 0 radical (unpaired) electrons. The normalized spacial score (nSPS) is 20.3. The van der Waals surface area contributed by atoms with E-state index in [0.29, 0.717) is 30.5 Å². The van der Waals surface area contributed by atoms with Gasteiger partial charge in [0.2, 0.25) is 0 Å². The molecule has 2 atom stereocenters. The Hall–Kier alpha value is -1.01. The second kappa shape index (κ2) is 9.20. The zero-order chi connectivity index (χ0) is 15.2. The van der Waals surface area contributed by atoms with Gasteiger partial charge in [0.15, 0.2) is 0 Å². The Morgan fingerprint density at radius 2 is 2.18 bits per heavy atom. The number of halogens is 2. The smallest absolute Gasteiger partial charge is 0.251 e. The van der Waals surface area contributed by atoms with Crippen LogP contribution in [0.4, 0.5) is 0 Å². The highest BCUT2D eigenvalue weighted by Crippen LogP contribution is 2.23. The molecule has 124 valence electrons. The third-order valence-corrected chi connectivity index (χ3v) is 3.86. The summed E-state index contributed by atoms with van der Waals surface area (Å²) in [4.78, 5) is 13.8. The van der Waals surface area contributed by atoms with Crippen LogP contribution in [0.1, 0.15) is 12.8 Å². The molecular formula is C15H22Cl2N2O3. The summed E-state index contributed by atoms with van der Waals surface area (Å²) >= 11 is 6.00. The Morgan fingerprint density at radius 1 is 1.45 bits per heavy atom. The quantitative estimate of drug-likeness (QED) is 0.854. The van der Waals surface area contributed by atoms with Gasteiger partial charge >= 0.3 is 0 Å². The predicted molar refractivity (Wildman–Crippen MR) is 88.8 cm³/mol. The van der Waals surface area contributed by atoms with Crippen molar-refractivity contribution < 1.29 is 14.3 Å². The third kappa shape index (κ3) is 5.02. The fourth-order valence-corrected chi connectivity index (χ4v) is 2.46. The number of likely N-dealkylation sites (N-methyl/N-ethyl adjacent to an activating group) is 1. The molecule has 2 N–H and O–H groups in total. The van der Waals surface area contributed by atoms with Gasteiger partial charge in [0.1, 0.15) is 18.5 Å². The largest absolute Gasteiger partial charge is 0.490 e. The van der Waals surface area contributed by atoms with Crippen molar-refractivity contribution in [2.75, 3.05) is 26.7 Å². The van der Waals surface area contributed by atoms with Gasteiger partial charge in [-0.3, -0.25) is 4.79 Å². The molecule has 1 aromatic rings. The molecule has 1 saturated heterocycles. The van der Waals surface area contributed by atoms with Crippen LogP contribution < -0.4 is 10.5 Å². The third-order valence-electron chi connectivity index (χ3n) is 3.54. The zero-order valence-corrected chi connectivity index (χ0v) is 14.1. The van der Waals surface area contributed by atoms with Crippen LogP contribution in [-0.4, -0.2) is 49.8 Å². The van der Waals surface area contributed by atoms with Gasteiger partial charge in [0.05, 0.1) is 17.7 Å². The number of nitrogens with zero attached hydrogens (tertiary/aromatic N) is 1. The molecule has 22 heavy (non-hydrogen) atoms. The van der Waals surface area contributed by atoms with Crippen LogP contribution in [0.5, 0.6) is 5.75 Å². The van der Waals surface area contributed by atoms with Crippen molar-refractivity contribution in [3.63, 3.8) is 0 Å². The van der Waals surface area contributed by atoms with Gasteiger partial charge in [0, 0.05) is 13.6 Å². The van der Waals surface area contributed by atoms with E-state index in [1.807, 2.05) is 12.1 Å². The van der Waals surface area contributed by atoms with Gasteiger partial charge in [-0.2, -0.15) is 0 Å². The lowest BCUT2D eigenvalue weighted by Crippen LogP contribution is -2.39. The SMILES string of the molecule is CN(CCOc1ccccc1Cl)C(=O)[C@@H]1CC[C@H](CN)O1.Cl. The maximum atomic E-state index is 12.2. The molecule has 0 saturated carbocycles. The van der Waals surface area contributed by atoms with Gasteiger partial charge in [-0.25, -0.2) is 0 Å². The summed E-state index contributed by atoms with van der Waals surface area (Å²) in [6.07, 6.45) is 1.21. The molecule has 7 heteroatoms. The van der Waals surface area contributed by atoms with Crippen LogP contribution in [0.2, 0.25) is 5.02 Å². The summed E-state index contributed by atoms with van der Waals surface area (Å²) in [7, 11) is 1.75. The summed E-state index contributed by atoms with van der Waals surface area (Å²) in [5.41, 5.74) is 5.55. The van der Waals surface area contributed by atoms with E-state index in [2.05, 4.69) is 0 Å². The molecule has 1 fully saturated rings. The summed E-state index contributed by atoms with van der Waals surface area (Å²) in [5, 5.41) is 0.566. The maximum absolute atomic E-state index is 12.2. The van der Waals surface area contributed by atoms with Crippen LogP contribution in [0.3, 0.4) is 0 Å². The molecule has 1 amide bonds. The zero-order valence-electron chi connectivity index (χ0n) is 12.5. The van der Waals surface area contributed by atoms with Crippen molar-refractivity contribution in [2.24, 2.45) is 5.73 Å². The molecule has 2 rings (SSSR count). The Labute approximate surface area is 142 Å². The monoisotopic (exact) mass is 348 g/mol. The minimum Gasteiger partial charge on any atom is -0.490 e. The van der Waals surface area contributed by atoms with Gasteiger partial charge in [-0.15, -0.1) is 12.4 Å². The molecule has 0 aliphatic carbocycles. The average Bonchev–Trinajstić information content (AvgIpc) is 2.97. The first kappa shape index (κ1) is 19.0. The number of rotatable bonds is 6. The number of hydrogen-bond acceptors (Lipinski definition) is 4. The number of amides is 1. The van der Waals surface area contributed by atoms with Gasteiger partial charge in [0.25, 0.3) is 5.91 Å². The summed E-state index contributed by atoms with van der Waals surface area (Å²) in [6, 6.07) is 7.27. The lowest BCUT2D eigenvalue weighted by molar-refractivity contribution is -0.141. The molecule has 5 nitrogen and oxygen atoms in total. The summed E-state index contributed by atoms with van der Waals surface area (Å²) < 4.78 is 11.2. The Morgan fingerprint density at radius 3 is 2.82 bits per heavy atom. The summed E-state index contributed by atoms with van der Waals surface area (Å²) in [5.74, 6) is 0.606. The van der Waals surface area contributed by atoms with E-state index >= 15 is 0 Å². The van der Waals surface area contributed by atoms with Crippen molar-refractivity contribution in [3.8, 4) is 5.75 Å². The van der Waals surface area contributed by atoms with Crippen molar-refractivity contribution in [3.05, 3.63) is 29.3 Å². The van der Waals surface area contributed by atoms with E-state index < -0.39 is 0 Å². The second-order valence-electron chi connectivity index (χ2n) is 5.10. The first-order valence-electron chi connectivity index (χ1n) is 7.09. The van der Waals surface area contributed by atoms with Crippen LogP contribution in [-0.2, 0) is 9.53 Å². The topological polar surface area (TPSA) is 64.8 Å². The number of carbonyl (C=O) groups excluding carboxylic acids is 1. The number of hydrogen-bond donors (Lipinski definition) is 1. The first-order chi connectivity index (χ1) is 10.1. The fraction of sp³-hybridized carbons (Fsp3) is 0.533. The number of para-hydroxylation sites is 1. The van der Waals surface area contributed by atoms with Crippen LogP contribution >= 0.6 is 24.0 Å². The van der Waals surface area contributed by atoms with Crippen LogP contribution in [0.15, 0.2) is 24.3 Å². The van der Waals surface area contributed by atoms with E-state index in [0.717, 1.165) is 12.8 Å². The molecule has 0 unspecified atom stereocenters. The standard InChI is InChI=1S/C15H21ClN2O3.ClH/c1-18(15(19)14-7-6-11(10-17)21-14)8-9-20-13-5-3-2-4-12(13)16;/h2-5,11,14H,6-10,17H2,1H3;1H/t11-,14+;/m1./s1. The van der Waals surface area contributed by atoms with Crippen molar-refractivity contribution in [2.45, 2.75) is 25.0 Å². The highest BCUT2D eigenvalue weighted by Gasteiger charge is 2.31.